The van der Waals surface area contributed by atoms with Crippen molar-refractivity contribution >= 4 is 29.9 Å². The van der Waals surface area contributed by atoms with Crippen molar-refractivity contribution in [3.8, 4) is 0 Å². The Hall–Kier alpha value is -4.01. The second kappa shape index (κ2) is 12.0. The Bertz CT molecular complexity index is 1030. The summed E-state index contributed by atoms with van der Waals surface area (Å²) in [6.45, 7) is 7.16. The van der Waals surface area contributed by atoms with E-state index < -0.39 is 11.9 Å². The maximum Gasteiger partial charge on any atom is 0.358 e. The summed E-state index contributed by atoms with van der Waals surface area (Å²) in [5.74, 6) is -1.58. The predicted octanol–water partition coefficient (Wildman–Crippen LogP) is 3.51. The van der Waals surface area contributed by atoms with Gasteiger partial charge in [0.1, 0.15) is 11.3 Å². The molecule has 2 aromatic rings. The second-order valence-corrected chi connectivity index (χ2v) is 6.48. The van der Waals surface area contributed by atoms with Gasteiger partial charge in [-0.2, -0.15) is 0 Å². The van der Waals surface area contributed by atoms with Crippen LogP contribution in [0.3, 0.4) is 0 Å². The first kappa shape index (κ1) is 24.3. The Balaban J connectivity index is 2.44. The van der Waals surface area contributed by atoms with E-state index in [0.29, 0.717) is 5.56 Å². The van der Waals surface area contributed by atoms with Crippen LogP contribution in [0, 0.1) is 13.8 Å². The summed E-state index contributed by atoms with van der Waals surface area (Å²) in [5, 5.41) is 13.4. The number of carbonyl (C=O) groups excluding carboxylic acids is 2. The van der Waals surface area contributed by atoms with Crippen LogP contribution in [0.5, 0.6) is 0 Å². The van der Waals surface area contributed by atoms with Crippen LogP contribution in [-0.4, -0.2) is 46.4 Å². The van der Waals surface area contributed by atoms with Crippen molar-refractivity contribution in [1.82, 2.24) is 9.97 Å². The number of aryl methyl sites for hydroxylation is 2. The number of aliphatic hydroxyl groups excluding tert-OH is 1. The minimum absolute atomic E-state index is 0.102. The average molecular weight is 438 g/mol. The third-order valence-electron chi connectivity index (χ3n) is 3.94. The molecule has 0 aliphatic rings. The summed E-state index contributed by atoms with van der Waals surface area (Å²) in [6.07, 6.45) is 2.33. The molecule has 32 heavy (non-hydrogen) atoms. The molecule has 0 fully saturated rings. The number of esters is 2. The summed E-state index contributed by atoms with van der Waals surface area (Å²) in [5.41, 5.74) is 1.52. The van der Waals surface area contributed by atoms with Gasteiger partial charge < -0.3 is 19.9 Å². The topological polar surface area (TPSA) is 123 Å². The van der Waals surface area contributed by atoms with Crippen molar-refractivity contribution in [2.24, 2.45) is 4.99 Å². The van der Waals surface area contributed by atoms with E-state index in [4.69, 9.17) is 9.47 Å². The maximum atomic E-state index is 12.4. The fraction of sp³-hybridized carbons (Fsp3) is 0.261. The number of aliphatic hydroxyl groups is 1. The quantitative estimate of drug-likeness (QED) is 0.264. The molecule has 0 saturated carbocycles. The van der Waals surface area contributed by atoms with Crippen LogP contribution in [0.2, 0.25) is 0 Å². The third-order valence-corrected chi connectivity index (χ3v) is 3.94. The van der Waals surface area contributed by atoms with Crippen LogP contribution in [-0.2, 0) is 19.1 Å². The number of carbonyl (C=O) groups is 2. The van der Waals surface area contributed by atoms with Gasteiger partial charge in [-0.05, 0) is 33.8 Å². The molecular formula is C23H26N4O5. The molecule has 0 atom stereocenters. The van der Waals surface area contributed by atoms with Gasteiger partial charge in [0.25, 0.3) is 0 Å². The second-order valence-electron chi connectivity index (χ2n) is 6.48. The molecule has 9 heteroatoms. The maximum absolute atomic E-state index is 12.4. The van der Waals surface area contributed by atoms with Crippen LogP contribution < -0.4 is 5.32 Å². The van der Waals surface area contributed by atoms with Crippen molar-refractivity contribution in [3.05, 3.63) is 70.8 Å². The number of aliphatic imine (C=N–C) groups is 1. The van der Waals surface area contributed by atoms with Crippen LogP contribution in [0.1, 0.15) is 30.8 Å². The zero-order chi connectivity index (χ0) is 23.5. The lowest BCUT2D eigenvalue weighted by molar-refractivity contribution is -0.139. The molecule has 0 spiro atoms. The van der Waals surface area contributed by atoms with E-state index in [-0.39, 0.29) is 36.2 Å². The molecule has 1 aromatic heterocycles. The van der Waals surface area contributed by atoms with Crippen molar-refractivity contribution < 1.29 is 24.2 Å². The highest BCUT2D eigenvalue weighted by molar-refractivity contribution is 6.15. The highest BCUT2D eigenvalue weighted by Gasteiger charge is 2.18. The molecule has 0 bridgehead atoms. The number of ether oxygens (including phenoxy) is 2. The molecule has 9 nitrogen and oxygen atoms in total. The molecule has 0 unspecified atom stereocenters. The van der Waals surface area contributed by atoms with Crippen LogP contribution in [0.25, 0.3) is 5.76 Å². The van der Waals surface area contributed by atoms with E-state index in [9.17, 15) is 14.7 Å². The minimum atomic E-state index is -0.786. The van der Waals surface area contributed by atoms with Crippen LogP contribution in [0.15, 0.2) is 58.9 Å². The number of aromatic nitrogens is 2. The van der Waals surface area contributed by atoms with E-state index in [1.54, 1.807) is 44.2 Å². The molecular weight excluding hydrogens is 412 g/mol. The smallest absolute Gasteiger partial charge is 0.358 e. The number of nitrogens with one attached hydrogen (secondary N) is 1. The van der Waals surface area contributed by atoms with Crippen molar-refractivity contribution in [3.63, 3.8) is 0 Å². The first-order valence-electron chi connectivity index (χ1n) is 10.0. The molecule has 168 valence electrons. The van der Waals surface area contributed by atoms with E-state index in [2.05, 4.69) is 20.3 Å². The zero-order valence-corrected chi connectivity index (χ0v) is 18.5. The van der Waals surface area contributed by atoms with Crippen molar-refractivity contribution in [2.75, 3.05) is 18.5 Å². The third kappa shape index (κ3) is 7.05. The van der Waals surface area contributed by atoms with Gasteiger partial charge in [0.05, 0.1) is 13.2 Å². The Morgan fingerprint density at radius 2 is 1.62 bits per heavy atom. The van der Waals surface area contributed by atoms with Gasteiger partial charge >= 0.3 is 11.9 Å². The molecule has 0 aliphatic carbocycles. The van der Waals surface area contributed by atoms with E-state index >= 15 is 0 Å². The highest BCUT2D eigenvalue weighted by atomic mass is 16.5. The lowest BCUT2D eigenvalue weighted by Gasteiger charge is -2.08. The van der Waals surface area contributed by atoms with E-state index in [1.165, 1.54) is 6.20 Å². The van der Waals surface area contributed by atoms with Gasteiger partial charge in [-0.25, -0.2) is 24.5 Å². The monoisotopic (exact) mass is 438 g/mol. The van der Waals surface area contributed by atoms with Gasteiger partial charge in [-0.15, -0.1) is 0 Å². The van der Waals surface area contributed by atoms with Crippen LogP contribution >= 0.6 is 0 Å². The molecule has 0 saturated heterocycles. The first-order chi connectivity index (χ1) is 15.3. The van der Waals surface area contributed by atoms with Gasteiger partial charge in [0, 0.05) is 29.4 Å². The lowest BCUT2D eigenvalue weighted by Crippen LogP contribution is -2.13. The number of benzene rings is 1. The fourth-order valence-corrected chi connectivity index (χ4v) is 2.58. The molecule has 2 rings (SSSR count). The molecule has 0 aliphatic heterocycles. The first-order valence-corrected chi connectivity index (χ1v) is 10.0. The minimum Gasteiger partial charge on any atom is -0.506 e. The number of nitrogens with zero attached hydrogens (tertiary/aromatic N) is 3. The Labute approximate surface area is 186 Å². The molecule has 0 radical (unpaired) electrons. The molecule has 2 N–H and O–H groups in total. The number of hydrogen-bond acceptors (Lipinski definition) is 9. The van der Waals surface area contributed by atoms with Crippen molar-refractivity contribution in [1.29, 1.82) is 0 Å². The summed E-state index contributed by atoms with van der Waals surface area (Å²) in [6, 6.07) is 10.3. The number of anilines is 1. The van der Waals surface area contributed by atoms with Crippen LogP contribution in [0.4, 0.5) is 5.95 Å². The Kier molecular flexibility index (Phi) is 9.09. The molecule has 1 aromatic carbocycles. The van der Waals surface area contributed by atoms with Crippen molar-refractivity contribution in [2.45, 2.75) is 27.7 Å². The largest absolute Gasteiger partial charge is 0.506 e. The van der Waals surface area contributed by atoms with Gasteiger partial charge in [0.2, 0.25) is 5.95 Å². The molecule has 0 amide bonds. The predicted molar refractivity (Wildman–Crippen MR) is 121 cm³/mol. The number of rotatable bonds is 9. The summed E-state index contributed by atoms with van der Waals surface area (Å²) in [4.78, 5) is 37.3. The van der Waals surface area contributed by atoms with E-state index in [0.717, 1.165) is 17.6 Å². The van der Waals surface area contributed by atoms with E-state index in [1.807, 2.05) is 19.9 Å². The van der Waals surface area contributed by atoms with Gasteiger partial charge in [0.15, 0.2) is 5.70 Å². The summed E-state index contributed by atoms with van der Waals surface area (Å²) in [7, 11) is 0. The van der Waals surface area contributed by atoms with Gasteiger partial charge in [-0.3, -0.25) is 0 Å². The zero-order valence-electron chi connectivity index (χ0n) is 18.5. The summed E-state index contributed by atoms with van der Waals surface area (Å²) >= 11 is 0. The standard InChI is InChI=1S/C23H26N4O5/c1-5-31-21(29)18(20(28)17-10-8-7-9-11-17)13-24-19(22(30)32-6-2)14-25-23-26-15(3)12-16(4)27-23/h7-14,28H,5-6H2,1-4H3,(H,25,26,27)/b19-14-,20-18+,24-13+. The summed E-state index contributed by atoms with van der Waals surface area (Å²) < 4.78 is 10.1. The Morgan fingerprint density at radius 3 is 2.22 bits per heavy atom. The normalized spacial score (nSPS) is 12.3. The van der Waals surface area contributed by atoms with Gasteiger partial charge in [-0.1, -0.05) is 30.3 Å². The lowest BCUT2D eigenvalue weighted by atomic mass is 10.1. The molecule has 1 heterocycles. The fourth-order valence-electron chi connectivity index (χ4n) is 2.58. The SMILES string of the molecule is CCOC(=O)C(=C/Nc1nc(C)cc(C)n1)/N=C/C(C(=O)OCC)=C(\O)c1ccccc1. The number of hydrogen-bond donors (Lipinski definition) is 2. The Morgan fingerprint density at radius 1 is 1.03 bits per heavy atom. The highest BCUT2D eigenvalue weighted by Crippen LogP contribution is 2.17. The average Bonchev–Trinajstić information content (AvgIpc) is 2.76.